The van der Waals surface area contributed by atoms with Gasteiger partial charge in [0.25, 0.3) is 5.91 Å². The largest absolute Gasteiger partial charge is 0.477 e. The summed E-state index contributed by atoms with van der Waals surface area (Å²) in [7, 11) is 0. The van der Waals surface area contributed by atoms with Gasteiger partial charge >= 0.3 is 5.97 Å². The molecule has 8 heteroatoms. The Morgan fingerprint density at radius 2 is 2.07 bits per heavy atom. The molecule has 3 aliphatic heterocycles. The van der Waals surface area contributed by atoms with Crippen LogP contribution in [0.25, 0.3) is 0 Å². The summed E-state index contributed by atoms with van der Waals surface area (Å²) in [4.78, 5) is 38.0. The van der Waals surface area contributed by atoms with Crippen LogP contribution in [-0.2, 0) is 25.5 Å². The lowest BCUT2D eigenvalue weighted by atomic mass is 9.99. The van der Waals surface area contributed by atoms with Gasteiger partial charge in [0.15, 0.2) is 0 Å². The maximum Gasteiger partial charge on any atom is 0.352 e. The molecule has 1 aromatic rings. The van der Waals surface area contributed by atoms with Gasteiger partial charge in [-0.15, -0.1) is 11.8 Å². The van der Waals surface area contributed by atoms with Gasteiger partial charge in [0.1, 0.15) is 17.1 Å². The van der Waals surface area contributed by atoms with Crippen LogP contribution in [0.1, 0.15) is 18.4 Å². The van der Waals surface area contributed by atoms with Gasteiger partial charge in [-0.25, -0.2) is 4.79 Å². The Kier molecular flexibility index (Phi) is 4.92. The number of β-lactam (4-membered cyclic amide) rings is 1. The third-order valence-corrected chi connectivity index (χ3v) is 6.34. The maximum atomic E-state index is 12.6. The van der Waals surface area contributed by atoms with Crippen molar-refractivity contribution in [1.82, 2.24) is 10.2 Å². The number of fused-ring (bicyclic) bond motifs is 1. The first-order chi connectivity index (χ1) is 13.1. The summed E-state index contributed by atoms with van der Waals surface area (Å²) in [6, 6.07) is 8.59. The van der Waals surface area contributed by atoms with E-state index in [1.165, 1.54) is 16.7 Å². The van der Waals surface area contributed by atoms with E-state index in [1.807, 2.05) is 30.3 Å². The molecule has 3 unspecified atom stereocenters. The lowest BCUT2D eigenvalue weighted by molar-refractivity contribution is -0.150. The average molecular weight is 388 g/mol. The Morgan fingerprint density at radius 1 is 1.30 bits per heavy atom. The molecule has 2 saturated heterocycles. The summed E-state index contributed by atoms with van der Waals surface area (Å²) < 4.78 is 5.63. The molecule has 3 heterocycles. The number of benzene rings is 1. The van der Waals surface area contributed by atoms with E-state index in [9.17, 15) is 19.5 Å². The van der Waals surface area contributed by atoms with E-state index >= 15 is 0 Å². The lowest BCUT2D eigenvalue weighted by Crippen LogP contribution is -2.70. The van der Waals surface area contributed by atoms with Crippen LogP contribution in [0.3, 0.4) is 0 Å². The number of aliphatic carboxylic acids is 1. The highest BCUT2D eigenvalue weighted by atomic mass is 32.2. The van der Waals surface area contributed by atoms with Gasteiger partial charge in [-0.2, -0.15) is 0 Å². The van der Waals surface area contributed by atoms with Crippen LogP contribution in [-0.4, -0.2) is 57.7 Å². The highest BCUT2D eigenvalue weighted by molar-refractivity contribution is 8.00. The number of rotatable bonds is 5. The van der Waals surface area contributed by atoms with Crippen LogP contribution < -0.4 is 5.32 Å². The van der Waals surface area contributed by atoms with Crippen molar-refractivity contribution in [1.29, 1.82) is 0 Å². The zero-order valence-electron chi connectivity index (χ0n) is 14.6. The van der Waals surface area contributed by atoms with Gasteiger partial charge < -0.3 is 15.2 Å². The zero-order valence-corrected chi connectivity index (χ0v) is 15.4. The molecule has 0 aliphatic carbocycles. The van der Waals surface area contributed by atoms with Crippen molar-refractivity contribution >= 4 is 29.5 Å². The number of carboxylic acid groups (broad SMARTS) is 1. The molecule has 2 N–H and O–H groups in total. The van der Waals surface area contributed by atoms with E-state index < -0.39 is 12.0 Å². The summed E-state index contributed by atoms with van der Waals surface area (Å²) in [6.45, 7) is 0.612. The Labute approximate surface area is 160 Å². The lowest BCUT2D eigenvalue weighted by Gasteiger charge is -2.50. The summed E-state index contributed by atoms with van der Waals surface area (Å²) in [5, 5.41) is 12.0. The SMILES string of the molecule is O=C(Cc1ccccc1)NC1C(=O)N2C(C(=O)O)=C(C3CCCO3)CSC12. The van der Waals surface area contributed by atoms with Crippen molar-refractivity contribution in [2.75, 3.05) is 12.4 Å². The minimum atomic E-state index is -1.12. The van der Waals surface area contributed by atoms with Crippen molar-refractivity contribution < 1.29 is 24.2 Å². The Morgan fingerprint density at radius 3 is 2.74 bits per heavy atom. The van der Waals surface area contributed by atoms with Crippen molar-refractivity contribution in [3.63, 3.8) is 0 Å². The number of amides is 2. The second-order valence-electron chi connectivity index (χ2n) is 6.80. The molecule has 0 spiro atoms. The third-order valence-electron chi connectivity index (χ3n) is 5.04. The molecule has 0 saturated carbocycles. The van der Waals surface area contributed by atoms with E-state index in [0.29, 0.717) is 17.9 Å². The minimum absolute atomic E-state index is 0.0317. The molecular formula is C19H20N2O5S. The van der Waals surface area contributed by atoms with Gasteiger partial charge in [0.2, 0.25) is 5.91 Å². The number of ether oxygens (including phenoxy) is 1. The molecule has 7 nitrogen and oxygen atoms in total. The predicted molar refractivity (Wildman–Crippen MR) is 98.8 cm³/mol. The molecule has 2 fully saturated rings. The highest BCUT2D eigenvalue weighted by Gasteiger charge is 2.54. The van der Waals surface area contributed by atoms with Gasteiger partial charge in [0.05, 0.1) is 12.5 Å². The second kappa shape index (κ2) is 7.36. The van der Waals surface area contributed by atoms with Crippen LogP contribution in [0.4, 0.5) is 0 Å². The van der Waals surface area contributed by atoms with E-state index in [4.69, 9.17) is 4.74 Å². The number of carbonyl (C=O) groups excluding carboxylic acids is 2. The predicted octanol–water partition coefficient (Wildman–Crippen LogP) is 1.15. The van der Waals surface area contributed by atoms with Crippen LogP contribution in [0.5, 0.6) is 0 Å². The quantitative estimate of drug-likeness (QED) is 0.735. The number of nitrogens with zero attached hydrogens (tertiary/aromatic N) is 1. The topological polar surface area (TPSA) is 95.9 Å². The Balaban J connectivity index is 1.47. The minimum Gasteiger partial charge on any atom is -0.477 e. The fourth-order valence-electron chi connectivity index (χ4n) is 3.75. The molecule has 4 rings (SSSR count). The van der Waals surface area contributed by atoms with Crippen LogP contribution in [0.2, 0.25) is 0 Å². The molecular weight excluding hydrogens is 368 g/mol. The average Bonchev–Trinajstić information content (AvgIpc) is 3.20. The van der Waals surface area contributed by atoms with Gasteiger partial charge in [-0.3, -0.25) is 14.5 Å². The molecule has 1 aromatic carbocycles. The van der Waals surface area contributed by atoms with Crippen LogP contribution in [0.15, 0.2) is 41.6 Å². The van der Waals surface area contributed by atoms with E-state index in [0.717, 1.165) is 18.4 Å². The molecule has 0 radical (unpaired) electrons. The Hall–Kier alpha value is -2.32. The molecule has 0 bridgehead atoms. The molecule has 27 heavy (non-hydrogen) atoms. The first kappa shape index (κ1) is 18.1. The van der Waals surface area contributed by atoms with E-state index in [2.05, 4.69) is 5.32 Å². The van der Waals surface area contributed by atoms with Crippen molar-refractivity contribution in [2.45, 2.75) is 36.8 Å². The monoisotopic (exact) mass is 388 g/mol. The van der Waals surface area contributed by atoms with Crippen molar-refractivity contribution in [3.8, 4) is 0 Å². The molecule has 0 aromatic heterocycles. The maximum absolute atomic E-state index is 12.6. The zero-order chi connectivity index (χ0) is 19.0. The van der Waals surface area contributed by atoms with E-state index in [1.54, 1.807) is 0 Å². The Bertz CT molecular complexity index is 804. The van der Waals surface area contributed by atoms with Crippen molar-refractivity contribution in [2.24, 2.45) is 0 Å². The van der Waals surface area contributed by atoms with Crippen molar-refractivity contribution in [3.05, 3.63) is 47.2 Å². The molecule has 3 aliphatic rings. The third kappa shape index (κ3) is 3.35. The molecule has 142 valence electrons. The van der Waals surface area contributed by atoms with E-state index in [-0.39, 0.29) is 35.4 Å². The number of carboxylic acids is 1. The summed E-state index contributed by atoms with van der Waals surface area (Å²) in [5.41, 5.74) is 1.56. The van der Waals surface area contributed by atoms with Gasteiger partial charge in [0, 0.05) is 12.4 Å². The highest BCUT2D eigenvalue weighted by Crippen LogP contribution is 2.42. The fraction of sp³-hybridized carbons (Fsp3) is 0.421. The summed E-state index contributed by atoms with van der Waals surface area (Å²) in [6.07, 6.45) is 1.62. The van der Waals surface area contributed by atoms with Gasteiger partial charge in [-0.05, 0) is 24.0 Å². The first-order valence-corrected chi connectivity index (χ1v) is 9.97. The van der Waals surface area contributed by atoms with Crippen LogP contribution >= 0.6 is 11.8 Å². The van der Waals surface area contributed by atoms with Crippen LogP contribution in [0, 0.1) is 0 Å². The standard InChI is InChI=1S/C19H20N2O5S/c22-14(9-11-5-2-1-3-6-11)20-15-17(23)21-16(19(24)25)12(10-27-18(15)21)13-7-4-8-26-13/h1-3,5-6,13,15,18H,4,7-10H2,(H,20,22)(H,24,25). The normalized spacial score (nSPS) is 27.2. The summed E-state index contributed by atoms with van der Waals surface area (Å²) in [5.74, 6) is -1.24. The molecule has 3 atom stereocenters. The number of nitrogens with one attached hydrogen (secondary N) is 1. The first-order valence-electron chi connectivity index (χ1n) is 8.92. The number of carbonyl (C=O) groups is 3. The van der Waals surface area contributed by atoms with Gasteiger partial charge in [-0.1, -0.05) is 30.3 Å². The summed E-state index contributed by atoms with van der Waals surface area (Å²) >= 11 is 1.48. The second-order valence-corrected chi connectivity index (χ2v) is 7.90. The smallest absolute Gasteiger partial charge is 0.352 e. The number of hydrogen-bond acceptors (Lipinski definition) is 5. The number of hydrogen-bond donors (Lipinski definition) is 2. The number of thioether (sulfide) groups is 1. The molecule has 2 amide bonds. The fourth-order valence-corrected chi connectivity index (χ4v) is 5.16.